The predicted molar refractivity (Wildman–Crippen MR) is 187 cm³/mol. The summed E-state index contributed by atoms with van der Waals surface area (Å²) in [6, 6.07) is 14.1. The number of halogens is 3. The summed E-state index contributed by atoms with van der Waals surface area (Å²) in [5.74, 6) is 0.773. The van der Waals surface area contributed by atoms with Crippen LogP contribution >= 0.6 is 11.3 Å². The first-order valence-corrected chi connectivity index (χ1v) is 17.1. The molecule has 5 heterocycles. The van der Waals surface area contributed by atoms with Gasteiger partial charge in [-0.05, 0) is 79.6 Å². The standard InChI is InChI=1S/C36H37F3N8OS/c1-4-30-23(7-9-32(44-30)45-33(48)5-2)10-15-47-26(19-40)16-28-22(3)24(6-8-31(28)47)20-46-13-11-25(12-14-46)43-34-29-17-27(18-36(37,38)39)49-35(29)42-21-41-34/h5-9,16-17,21,25H,2,4,10-15,18,20H2,1,3H3,(H,41,42,43)(H,44,45,48). The topological polar surface area (TPSA) is 112 Å². The van der Waals surface area contributed by atoms with Crippen molar-refractivity contribution < 1.29 is 18.0 Å². The molecule has 4 aromatic heterocycles. The number of thiophene rings is 1. The first-order chi connectivity index (χ1) is 23.5. The van der Waals surface area contributed by atoms with Gasteiger partial charge in [0.1, 0.15) is 34.6 Å². The van der Waals surface area contributed by atoms with Crippen LogP contribution in [0.4, 0.5) is 24.8 Å². The van der Waals surface area contributed by atoms with Crippen LogP contribution in [0.25, 0.3) is 21.1 Å². The van der Waals surface area contributed by atoms with Crippen LogP contribution in [0.5, 0.6) is 0 Å². The highest BCUT2D eigenvalue weighted by Crippen LogP contribution is 2.33. The molecule has 1 aliphatic heterocycles. The molecule has 0 aliphatic carbocycles. The number of amides is 1. The maximum Gasteiger partial charge on any atom is 0.393 e. The van der Waals surface area contributed by atoms with E-state index in [0.717, 1.165) is 71.5 Å². The van der Waals surface area contributed by atoms with E-state index >= 15 is 0 Å². The second kappa shape index (κ2) is 14.4. The number of piperidine rings is 1. The number of nitrogens with one attached hydrogen (secondary N) is 2. The maximum atomic E-state index is 13.0. The molecule has 1 fully saturated rings. The molecule has 1 saturated heterocycles. The molecule has 1 amide bonds. The number of hydrogen-bond acceptors (Lipinski definition) is 8. The van der Waals surface area contributed by atoms with Gasteiger partial charge < -0.3 is 15.2 Å². The fourth-order valence-electron chi connectivity index (χ4n) is 6.54. The lowest BCUT2D eigenvalue weighted by Crippen LogP contribution is -2.39. The molecule has 0 saturated carbocycles. The van der Waals surface area contributed by atoms with Gasteiger partial charge >= 0.3 is 6.18 Å². The third-order valence-electron chi connectivity index (χ3n) is 9.10. The number of carbonyl (C=O) groups is 1. The van der Waals surface area contributed by atoms with Gasteiger partial charge in [-0.1, -0.05) is 25.6 Å². The van der Waals surface area contributed by atoms with E-state index in [1.54, 1.807) is 12.1 Å². The van der Waals surface area contributed by atoms with Crippen molar-refractivity contribution in [3.63, 3.8) is 0 Å². The number of aryl methyl sites for hydroxylation is 4. The van der Waals surface area contributed by atoms with Crippen molar-refractivity contribution >= 4 is 50.0 Å². The summed E-state index contributed by atoms with van der Waals surface area (Å²) in [5.41, 5.74) is 5.97. The fraction of sp³-hybridized carbons (Fsp3) is 0.361. The zero-order valence-electron chi connectivity index (χ0n) is 27.4. The van der Waals surface area contributed by atoms with Crippen molar-refractivity contribution in [1.82, 2.24) is 24.4 Å². The minimum Gasteiger partial charge on any atom is -0.367 e. The summed E-state index contributed by atoms with van der Waals surface area (Å²) in [6.07, 6.45) is 0.535. The molecule has 6 rings (SSSR count). The Morgan fingerprint density at radius 3 is 2.63 bits per heavy atom. The number of nitrogens with zero attached hydrogens (tertiary/aromatic N) is 6. The number of likely N-dealkylation sites (tertiary alicyclic amines) is 1. The quantitative estimate of drug-likeness (QED) is 0.140. The molecule has 2 N–H and O–H groups in total. The molecule has 0 bridgehead atoms. The Labute approximate surface area is 286 Å². The van der Waals surface area contributed by atoms with Crippen LogP contribution in [-0.4, -0.2) is 55.6 Å². The normalized spacial score (nSPS) is 14.3. The Bertz CT molecular complexity index is 2050. The summed E-state index contributed by atoms with van der Waals surface area (Å²) < 4.78 is 40.9. The predicted octanol–water partition coefficient (Wildman–Crippen LogP) is 7.33. The van der Waals surface area contributed by atoms with Gasteiger partial charge in [0.2, 0.25) is 5.91 Å². The van der Waals surface area contributed by atoms with Gasteiger partial charge in [-0.2, -0.15) is 18.4 Å². The zero-order valence-corrected chi connectivity index (χ0v) is 28.2. The smallest absolute Gasteiger partial charge is 0.367 e. The van der Waals surface area contributed by atoms with Crippen LogP contribution in [0, 0.1) is 18.3 Å². The van der Waals surface area contributed by atoms with Crippen molar-refractivity contribution in [2.24, 2.45) is 0 Å². The number of nitriles is 1. The molecule has 254 valence electrons. The number of aromatic nitrogens is 4. The summed E-state index contributed by atoms with van der Waals surface area (Å²) in [4.78, 5) is 28.1. The number of alkyl halides is 3. The van der Waals surface area contributed by atoms with Gasteiger partial charge in [-0.3, -0.25) is 9.69 Å². The number of pyridine rings is 1. The maximum absolute atomic E-state index is 13.0. The zero-order chi connectivity index (χ0) is 34.7. The first kappa shape index (κ1) is 34.1. The molecule has 0 radical (unpaired) electrons. The SMILES string of the molecule is C=CC(=O)Nc1ccc(CCn2c(C#N)cc3c(C)c(CN4CCC(Nc5ncnc6sc(CC(F)(F)F)cc56)CC4)ccc32)c(CC)n1. The molecule has 0 atom stereocenters. The Balaban J connectivity index is 1.10. The van der Waals surface area contributed by atoms with E-state index in [2.05, 4.69) is 66.8 Å². The highest BCUT2D eigenvalue weighted by molar-refractivity contribution is 7.18. The molecular formula is C36H37F3N8OS. The highest BCUT2D eigenvalue weighted by Gasteiger charge is 2.29. The summed E-state index contributed by atoms with van der Waals surface area (Å²) in [5, 5.41) is 17.9. The largest absolute Gasteiger partial charge is 0.393 e. The fourth-order valence-corrected chi connectivity index (χ4v) is 7.57. The molecular weight excluding hydrogens is 650 g/mol. The van der Waals surface area contributed by atoms with Crippen LogP contribution in [0.3, 0.4) is 0 Å². The Morgan fingerprint density at radius 1 is 1.14 bits per heavy atom. The molecule has 9 nitrogen and oxygen atoms in total. The van der Waals surface area contributed by atoms with Crippen molar-refractivity contribution in [1.29, 1.82) is 5.26 Å². The molecule has 0 spiro atoms. The molecule has 1 aromatic carbocycles. The van der Waals surface area contributed by atoms with Crippen LogP contribution in [0.2, 0.25) is 0 Å². The van der Waals surface area contributed by atoms with Gasteiger partial charge in [0, 0.05) is 53.7 Å². The number of carbonyl (C=O) groups excluding carboxylic acids is 1. The Kier molecular flexibility index (Phi) is 9.99. The lowest BCUT2D eigenvalue weighted by molar-refractivity contribution is -0.126. The van der Waals surface area contributed by atoms with Crippen LogP contribution in [0.1, 0.15) is 52.7 Å². The molecule has 0 unspecified atom stereocenters. The highest BCUT2D eigenvalue weighted by atomic mass is 32.1. The number of anilines is 2. The summed E-state index contributed by atoms with van der Waals surface area (Å²) >= 11 is 1.06. The van der Waals surface area contributed by atoms with Gasteiger partial charge in [0.05, 0.1) is 11.8 Å². The van der Waals surface area contributed by atoms with Crippen molar-refractivity contribution in [3.05, 3.63) is 88.3 Å². The Hall–Kier alpha value is -4.80. The second-order valence-corrected chi connectivity index (χ2v) is 13.4. The van der Waals surface area contributed by atoms with Gasteiger partial charge in [-0.25, -0.2) is 15.0 Å². The number of hydrogen-bond donors (Lipinski definition) is 2. The van der Waals surface area contributed by atoms with E-state index in [1.807, 2.05) is 19.1 Å². The van der Waals surface area contributed by atoms with Crippen LogP contribution < -0.4 is 10.6 Å². The Morgan fingerprint density at radius 2 is 1.92 bits per heavy atom. The molecule has 13 heteroatoms. The monoisotopic (exact) mass is 686 g/mol. The third-order valence-corrected chi connectivity index (χ3v) is 10.1. The lowest BCUT2D eigenvalue weighted by atomic mass is 10.0. The van der Waals surface area contributed by atoms with Crippen molar-refractivity contribution in [3.8, 4) is 6.07 Å². The van der Waals surface area contributed by atoms with E-state index in [4.69, 9.17) is 0 Å². The summed E-state index contributed by atoms with van der Waals surface area (Å²) in [7, 11) is 0. The average molecular weight is 687 g/mol. The summed E-state index contributed by atoms with van der Waals surface area (Å²) in [6.45, 7) is 10.8. The van der Waals surface area contributed by atoms with E-state index in [-0.39, 0.29) is 16.8 Å². The van der Waals surface area contributed by atoms with Gasteiger partial charge in [0.25, 0.3) is 0 Å². The van der Waals surface area contributed by atoms with E-state index in [0.29, 0.717) is 46.9 Å². The van der Waals surface area contributed by atoms with Gasteiger partial charge in [-0.15, -0.1) is 11.3 Å². The van der Waals surface area contributed by atoms with E-state index in [9.17, 15) is 23.2 Å². The molecule has 49 heavy (non-hydrogen) atoms. The van der Waals surface area contributed by atoms with E-state index < -0.39 is 12.6 Å². The van der Waals surface area contributed by atoms with Crippen molar-refractivity contribution in [2.45, 2.75) is 71.3 Å². The lowest BCUT2D eigenvalue weighted by Gasteiger charge is -2.33. The van der Waals surface area contributed by atoms with E-state index in [1.165, 1.54) is 18.0 Å². The average Bonchev–Trinajstić information content (AvgIpc) is 3.66. The number of rotatable bonds is 11. The third kappa shape index (κ3) is 7.76. The second-order valence-electron chi connectivity index (χ2n) is 12.3. The van der Waals surface area contributed by atoms with Crippen molar-refractivity contribution in [2.75, 3.05) is 23.7 Å². The minimum absolute atomic E-state index is 0.154. The first-order valence-electron chi connectivity index (χ1n) is 16.3. The number of benzene rings is 1. The van der Waals surface area contributed by atoms with Crippen LogP contribution in [0.15, 0.2) is 55.4 Å². The number of fused-ring (bicyclic) bond motifs is 2. The molecule has 1 aliphatic rings. The molecule has 5 aromatic rings. The minimum atomic E-state index is -4.27. The van der Waals surface area contributed by atoms with Gasteiger partial charge in [0.15, 0.2) is 0 Å². The van der Waals surface area contributed by atoms with Crippen LogP contribution in [-0.2, 0) is 37.1 Å².